The van der Waals surface area contributed by atoms with Gasteiger partial charge in [0.15, 0.2) is 0 Å². The number of rotatable bonds is 2. The molecule has 0 amide bonds. The van der Waals surface area contributed by atoms with Gasteiger partial charge in [0.1, 0.15) is 11.7 Å². The number of carbonyl (C=O) groups excluding carboxylic acids is 1. The van der Waals surface area contributed by atoms with E-state index in [2.05, 4.69) is 4.74 Å². The molecule has 0 bridgehead atoms. The maximum absolute atomic E-state index is 12.8. The van der Waals surface area contributed by atoms with E-state index in [4.69, 9.17) is 5.73 Å². The maximum atomic E-state index is 12.8. The predicted molar refractivity (Wildman–Crippen MR) is 35.2 cm³/mol. The summed E-state index contributed by atoms with van der Waals surface area (Å²) in [6, 6.07) is -1.20. The Hall–Kier alpha value is -0.640. The van der Waals surface area contributed by atoms with Gasteiger partial charge in [-0.1, -0.05) is 0 Å². The number of alkyl halides is 1. The van der Waals surface area contributed by atoms with Gasteiger partial charge >= 0.3 is 5.97 Å². The topological polar surface area (TPSA) is 52.3 Å². The predicted octanol–water partition coefficient (Wildman–Crippen LogP) is 0.235. The van der Waals surface area contributed by atoms with E-state index in [0.29, 0.717) is 0 Å². The van der Waals surface area contributed by atoms with Crippen LogP contribution in [0.25, 0.3) is 0 Å². The monoisotopic (exact) mass is 149 g/mol. The lowest BCUT2D eigenvalue weighted by atomic mass is 10.0. The van der Waals surface area contributed by atoms with Gasteiger partial charge in [-0.25, -0.2) is 4.39 Å². The van der Waals surface area contributed by atoms with Crippen molar-refractivity contribution in [1.29, 1.82) is 0 Å². The molecular weight excluding hydrogens is 137 g/mol. The average Bonchev–Trinajstić information content (AvgIpc) is 1.83. The standard InChI is InChI=1S/C6H12FNO2/c1-6(2,7)4(8)5(9)10-3/h4H,8H2,1-3H3/t4-/m1/s1. The van der Waals surface area contributed by atoms with Crippen molar-refractivity contribution in [3.05, 3.63) is 0 Å². The Morgan fingerprint density at radius 2 is 2.10 bits per heavy atom. The molecule has 0 aliphatic rings. The molecule has 3 nitrogen and oxygen atoms in total. The first-order chi connectivity index (χ1) is 4.39. The Kier molecular flexibility index (Phi) is 2.77. The van der Waals surface area contributed by atoms with Crippen molar-refractivity contribution in [3.63, 3.8) is 0 Å². The van der Waals surface area contributed by atoms with E-state index >= 15 is 0 Å². The highest BCUT2D eigenvalue weighted by Crippen LogP contribution is 2.12. The van der Waals surface area contributed by atoms with Gasteiger partial charge in [0.2, 0.25) is 0 Å². The molecule has 0 aliphatic heterocycles. The molecule has 1 atom stereocenters. The molecule has 0 spiro atoms. The van der Waals surface area contributed by atoms with Crippen LogP contribution in [-0.2, 0) is 9.53 Å². The van der Waals surface area contributed by atoms with Crippen LogP contribution in [-0.4, -0.2) is 24.8 Å². The molecule has 4 heteroatoms. The van der Waals surface area contributed by atoms with Crippen molar-refractivity contribution in [2.45, 2.75) is 25.6 Å². The average molecular weight is 149 g/mol. The number of hydrogen-bond acceptors (Lipinski definition) is 3. The van der Waals surface area contributed by atoms with Crippen LogP contribution < -0.4 is 5.73 Å². The lowest BCUT2D eigenvalue weighted by Crippen LogP contribution is -2.46. The van der Waals surface area contributed by atoms with Crippen molar-refractivity contribution < 1.29 is 13.9 Å². The van der Waals surface area contributed by atoms with Gasteiger partial charge in [-0.05, 0) is 13.8 Å². The number of halogens is 1. The Morgan fingerprint density at radius 3 is 2.20 bits per heavy atom. The Morgan fingerprint density at radius 1 is 1.70 bits per heavy atom. The first kappa shape index (κ1) is 9.36. The molecule has 0 aromatic carbocycles. The van der Waals surface area contributed by atoms with Crippen LogP contribution in [0.15, 0.2) is 0 Å². The van der Waals surface area contributed by atoms with E-state index in [0.717, 1.165) is 0 Å². The zero-order valence-corrected chi connectivity index (χ0v) is 6.35. The smallest absolute Gasteiger partial charge is 0.325 e. The summed E-state index contributed by atoms with van der Waals surface area (Å²) < 4.78 is 17.0. The number of hydrogen-bond donors (Lipinski definition) is 1. The van der Waals surface area contributed by atoms with E-state index in [1.54, 1.807) is 0 Å². The number of carbonyl (C=O) groups is 1. The summed E-state index contributed by atoms with van der Waals surface area (Å²) in [6.45, 7) is 2.46. The second-order valence-electron chi connectivity index (χ2n) is 2.57. The fourth-order valence-electron chi connectivity index (χ4n) is 0.407. The van der Waals surface area contributed by atoms with Gasteiger partial charge in [-0.15, -0.1) is 0 Å². The van der Waals surface area contributed by atoms with Gasteiger partial charge in [0.05, 0.1) is 7.11 Å². The minimum absolute atomic E-state index is 0.729. The summed E-state index contributed by atoms with van der Waals surface area (Å²) in [5.74, 6) is -0.729. The van der Waals surface area contributed by atoms with E-state index in [1.165, 1.54) is 21.0 Å². The van der Waals surface area contributed by atoms with E-state index in [9.17, 15) is 9.18 Å². The molecule has 0 unspecified atom stereocenters. The molecular formula is C6H12FNO2. The summed E-state index contributed by atoms with van der Waals surface area (Å²) in [5.41, 5.74) is 3.44. The number of ether oxygens (including phenoxy) is 1. The summed E-state index contributed by atoms with van der Waals surface area (Å²) >= 11 is 0. The highest BCUT2D eigenvalue weighted by atomic mass is 19.1. The van der Waals surface area contributed by atoms with Crippen molar-refractivity contribution in [1.82, 2.24) is 0 Å². The van der Waals surface area contributed by atoms with Gasteiger partial charge in [-0.2, -0.15) is 0 Å². The van der Waals surface area contributed by atoms with Gasteiger partial charge in [0.25, 0.3) is 0 Å². The molecule has 0 radical (unpaired) electrons. The van der Waals surface area contributed by atoms with Crippen molar-refractivity contribution in [2.24, 2.45) is 5.73 Å². The third-order valence-corrected chi connectivity index (χ3v) is 1.19. The molecule has 0 saturated heterocycles. The minimum Gasteiger partial charge on any atom is -0.468 e. The third-order valence-electron chi connectivity index (χ3n) is 1.19. The molecule has 0 aromatic heterocycles. The van der Waals surface area contributed by atoms with Crippen molar-refractivity contribution >= 4 is 5.97 Å². The molecule has 2 N–H and O–H groups in total. The molecule has 10 heavy (non-hydrogen) atoms. The summed E-state index contributed by atoms with van der Waals surface area (Å²) in [7, 11) is 1.17. The first-order valence-electron chi connectivity index (χ1n) is 2.92. The molecule has 60 valence electrons. The van der Waals surface area contributed by atoms with Crippen molar-refractivity contribution in [3.8, 4) is 0 Å². The van der Waals surface area contributed by atoms with Crippen molar-refractivity contribution in [2.75, 3.05) is 7.11 Å². The van der Waals surface area contributed by atoms with Crippen LogP contribution >= 0.6 is 0 Å². The van der Waals surface area contributed by atoms with Crippen LogP contribution in [0.3, 0.4) is 0 Å². The lowest BCUT2D eigenvalue weighted by Gasteiger charge is -2.19. The number of nitrogens with two attached hydrogens (primary N) is 1. The molecule has 0 aliphatic carbocycles. The van der Waals surface area contributed by atoms with Crippen LogP contribution in [0.2, 0.25) is 0 Å². The molecule has 0 heterocycles. The Labute approximate surface area is 59.3 Å². The highest BCUT2D eigenvalue weighted by molar-refractivity contribution is 5.76. The van der Waals surface area contributed by atoms with Gasteiger partial charge in [-0.3, -0.25) is 4.79 Å². The van der Waals surface area contributed by atoms with Crippen LogP contribution in [0, 0.1) is 0 Å². The first-order valence-corrected chi connectivity index (χ1v) is 2.92. The summed E-state index contributed by atoms with van der Waals surface area (Å²) in [5, 5.41) is 0. The molecule has 0 rings (SSSR count). The van der Waals surface area contributed by atoms with E-state index in [1.807, 2.05) is 0 Å². The largest absolute Gasteiger partial charge is 0.468 e. The lowest BCUT2D eigenvalue weighted by molar-refractivity contribution is -0.145. The van der Waals surface area contributed by atoms with Crippen LogP contribution in [0.4, 0.5) is 4.39 Å². The zero-order chi connectivity index (χ0) is 8.36. The van der Waals surface area contributed by atoms with Gasteiger partial charge in [0, 0.05) is 0 Å². The Bertz CT molecular complexity index is 130. The normalized spacial score (nSPS) is 14.5. The summed E-state index contributed by atoms with van der Waals surface area (Å²) in [6.07, 6.45) is 0. The second kappa shape index (κ2) is 2.96. The minimum atomic E-state index is -1.72. The fraction of sp³-hybridized carbons (Fsp3) is 0.833. The molecule has 0 saturated carbocycles. The number of methoxy groups -OCH3 is 1. The fourth-order valence-corrected chi connectivity index (χ4v) is 0.407. The quantitative estimate of drug-likeness (QED) is 0.572. The van der Waals surface area contributed by atoms with Crippen LogP contribution in [0.1, 0.15) is 13.8 Å². The molecule has 0 fully saturated rings. The highest BCUT2D eigenvalue weighted by Gasteiger charge is 2.32. The van der Waals surface area contributed by atoms with Gasteiger partial charge < -0.3 is 10.5 Å². The van der Waals surface area contributed by atoms with E-state index < -0.39 is 17.7 Å². The summed E-state index contributed by atoms with van der Waals surface area (Å²) in [4.78, 5) is 10.6. The zero-order valence-electron chi connectivity index (χ0n) is 6.35. The van der Waals surface area contributed by atoms with Crippen LogP contribution in [0.5, 0.6) is 0 Å². The SMILES string of the molecule is COC(=O)[C@@H](N)C(C)(C)F. The number of esters is 1. The second-order valence-corrected chi connectivity index (χ2v) is 2.57. The molecule has 0 aromatic rings. The van der Waals surface area contributed by atoms with E-state index in [-0.39, 0.29) is 0 Å². The third kappa shape index (κ3) is 2.31. The Balaban J connectivity index is 4.08. The maximum Gasteiger partial charge on any atom is 0.325 e.